The summed E-state index contributed by atoms with van der Waals surface area (Å²) in [6, 6.07) is -0.778. The van der Waals surface area contributed by atoms with Crippen LogP contribution in [0, 0.1) is 17.8 Å². The van der Waals surface area contributed by atoms with E-state index in [0.29, 0.717) is 6.54 Å². The highest BCUT2D eigenvalue weighted by Crippen LogP contribution is 2.17. The molecule has 1 amide bonds. The number of aliphatic carboxylic acids is 1. The predicted molar refractivity (Wildman–Crippen MR) is 64.5 cm³/mol. The number of hydrogen-bond acceptors (Lipinski definition) is 3. The van der Waals surface area contributed by atoms with E-state index in [2.05, 4.69) is 10.6 Å². The summed E-state index contributed by atoms with van der Waals surface area (Å²) >= 11 is 0. The zero-order chi connectivity index (χ0) is 13.0. The van der Waals surface area contributed by atoms with Crippen LogP contribution in [0.3, 0.4) is 0 Å². The van der Waals surface area contributed by atoms with Gasteiger partial charge in [-0.1, -0.05) is 27.2 Å². The van der Waals surface area contributed by atoms with Crippen LogP contribution in [0.15, 0.2) is 0 Å². The molecule has 17 heavy (non-hydrogen) atoms. The summed E-state index contributed by atoms with van der Waals surface area (Å²) in [7, 11) is 0. The van der Waals surface area contributed by atoms with Crippen LogP contribution in [0.2, 0.25) is 0 Å². The molecule has 1 saturated heterocycles. The molecule has 0 aromatic carbocycles. The van der Waals surface area contributed by atoms with Gasteiger partial charge in [-0.3, -0.25) is 4.79 Å². The molecule has 1 rings (SSSR count). The summed E-state index contributed by atoms with van der Waals surface area (Å²) in [6.45, 7) is 7.23. The van der Waals surface area contributed by atoms with Gasteiger partial charge in [0.15, 0.2) is 0 Å². The maximum atomic E-state index is 12.0. The van der Waals surface area contributed by atoms with E-state index in [-0.39, 0.29) is 23.7 Å². The SMILES string of the molecule is CC[C@H](C)[C@H](NC(=O)C1CNCC1C)C(=O)O. The minimum atomic E-state index is -0.952. The average Bonchev–Trinajstić information content (AvgIpc) is 2.70. The number of nitrogens with one attached hydrogen (secondary N) is 2. The third-order valence-corrected chi connectivity index (χ3v) is 3.63. The van der Waals surface area contributed by atoms with E-state index in [1.54, 1.807) is 0 Å². The van der Waals surface area contributed by atoms with Crippen molar-refractivity contribution in [3.63, 3.8) is 0 Å². The quantitative estimate of drug-likeness (QED) is 0.654. The summed E-state index contributed by atoms with van der Waals surface area (Å²) < 4.78 is 0. The monoisotopic (exact) mass is 242 g/mol. The summed E-state index contributed by atoms with van der Waals surface area (Å²) in [4.78, 5) is 23.1. The second-order valence-electron chi connectivity index (χ2n) is 4.95. The van der Waals surface area contributed by atoms with Gasteiger partial charge in [0.1, 0.15) is 6.04 Å². The minimum absolute atomic E-state index is 0.0545. The van der Waals surface area contributed by atoms with Gasteiger partial charge in [0, 0.05) is 6.54 Å². The lowest BCUT2D eigenvalue weighted by Crippen LogP contribution is -2.48. The molecule has 1 aliphatic heterocycles. The largest absolute Gasteiger partial charge is 0.480 e. The van der Waals surface area contributed by atoms with Gasteiger partial charge in [-0.05, 0) is 18.4 Å². The molecule has 1 aliphatic rings. The molecule has 0 aromatic heterocycles. The summed E-state index contributed by atoms with van der Waals surface area (Å²) in [5, 5.41) is 14.9. The number of hydrogen-bond donors (Lipinski definition) is 3. The van der Waals surface area contributed by atoms with Gasteiger partial charge in [0.05, 0.1) is 5.92 Å². The van der Waals surface area contributed by atoms with Crippen LogP contribution in [-0.4, -0.2) is 36.1 Å². The molecule has 0 aromatic rings. The van der Waals surface area contributed by atoms with E-state index in [9.17, 15) is 9.59 Å². The molecule has 5 heteroatoms. The van der Waals surface area contributed by atoms with Crippen molar-refractivity contribution >= 4 is 11.9 Å². The Hall–Kier alpha value is -1.10. The highest BCUT2D eigenvalue weighted by Gasteiger charge is 2.33. The van der Waals surface area contributed by atoms with E-state index in [4.69, 9.17) is 5.11 Å². The summed E-state index contributed by atoms with van der Waals surface area (Å²) in [5.41, 5.74) is 0. The molecule has 0 bridgehead atoms. The van der Waals surface area contributed by atoms with E-state index in [0.717, 1.165) is 13.0 Å². The molecule has 4 atom stereocenters. The number of carboxylic acids is 1. The van der Waals surface area contributed by atoms with Crippen molar-refractivity contribution in [2.24, 2.45) is 17.8 Å². The van der Waals surface area contributed by atoms with Gasteiger partial charge in [-0.2, -0.15) is 0 Å². The molecule has 0 aliphatic carbocycles. The molecule has 0 spiro atoms. The zero-order valence-corrected chi connectivity index (χ0v) is 10.7. The van der Waals surface area contributed by atoms with Crippen LogP contribution in [-0.2, 0) is 9.59 Å². The van der Waals surface area contributed by atoms with Gasteiger partial charge in [-0.15, -0.1) is 0 Å². The van der Waals surface area contributed by atoms with Crippen molar-refractivity contribution < 1.29 is 14.7 Å². The second-order valence-corrected chi connectivity index (χ2v) is 4.95. The third-order valence-electron chi connectivity index (χ3n) is 3.63. The third kappa shape index (κ3) is 3.43. The van der Waals surface area contributed by atoms with Gasteiger partial charge in [0.25, 0.3) is 0 Å². The Morgan fingerprint density at radius 3 is 2.53 bits per heavy atom. The van der Waals surface area contributed by atoms with Gasteiger partial charge in [-0.25, -0.2) is 4.79 Å². The number of rotatable bonds is 5. The van der Waals surface area contributed by atoms with E-state index < -0.39 is 12.0 Å². The highest BCUT2D eigenvalue weighted by atomic mass is 16.4. The molecule has 1 fully saturated rings. The van der Waals surface area contributed by atoms with Gasteiger partial charge < -0.3 is 15.7 Å². The van der Waals surface area contributed by atoms with Gasteiger partial charge in [0.2, 0.25) is 5.91 Å². The Balaban J connectivity index is 2.61. The lowest BCUT2D eigenvalue weighted by Gasteiger charge is -2.23. The molecule has 2 unspecified atom stereocenters. The first-order valence-corrected chi connectivity index (χ1v) is 6.21. The van der Waals surface area contributed by atoms with Crippen molar-refractivity contribution in [2.75, 3.05) is 13.1 Å². The standard InChI is InChI=1S/C12H22N2O3/c1-4-7(2)10(12(16)17)14-11(15)9-6-13-5-8(9)3/h7-10,13H,4-6H2,1-3H3,(H,14,15)(H,16,17)/t7-,8?,9?,10-/m0/s1. The van der Waals surface area contributed by atoms with Gasteiger partial charge >= 0.3 is 5.97 Å². The zero-order valence-electron chi connectivity index (χ0n) is 10.7. The normalized spacial score (nSPS) is 27.5. The highest BCUT2D eigenvalue weighted by molar-refractivity contribution is 5.85. The molecule has 1 heterocycles. The molecule has 0 saturated carbocycles. The second kappa shape index (κ2) is 6.00. The van der Waals surface area contributed by atoms with Crippen LogP contribution in [0.1, 0.15) is 27.2 Å². The van der Waals surface area contributed by atoms with Crippen LogP contribution >= 0.6 is 0 Å². The molecule has 3 N–H and O–H groups in total. The topological polar surface area (TPSA) is 78.4 Å². The molecule has 0 radical (unpaired) electrons. The predicted octanol–water partition coefficient (Wildman–Crippen LogP) is 0.457. The van der Waals surface area contributed by atoms with Crippen LogP contribution < -0.4 is 10.6 Å². The smallest absolute Gasteiger partial charge is 0.326 e. The molecule has 5 nitrogen and oxygen atoms in total. The summed E-state index contributed by atoms with van der Waals surface area (Å²) in [6.07, 6.45) is 0.732. The lowest BCUT2D eigenvalue weighted by atomic mass is 9.94. The molecular weight excluding hydrogens is 220 g/mol. The van der Waals surface area contributed by atoms with E-state index >= 15 is 0 Å². The Kier molecular flexibility index (Phi) is 4.93. The minimum Gasteiger partial charge on any atom is -0.480 e. The van der Waals surface area contributed by atoms with Crippen LogP contribution in [0.5, 0.6) is 0 Å². The Morgan fingerprint density at radius 2 is 2.12 bits per heavy atom. The van der Waals surface area contributed by atoms with E-state index in [1.807, 2.05) is 20.8 Å². The fourth-order valence-corrected chi connectivity index (χ4v) is 2.10. The Labute approximate surface area is 102 Å². The van der Waals surface area contributed by atoms with Crippen LogP contribution in [0.25, 0.3) is 0 Å². The number of carboxylic acid groups (broad SMARTS) is 1. The van der Waals surface area contributed by atoms with Crippen LogP contribution in [0.4, 0.5) is 0 Å². The maximum Gasteiger partial charge on any atom is 0.326 e. The number of carbonyl (C=O) groups is 2. The first-order chi connectivity index (χ1) is 7.97. The molecule has 98 valence electrons. The number of carbonyl (C=O) groups excluding carboxylic acids is 1. The lowest BCUT2D eigenvalue weighted by molar-refractivity contribution is -0.144. The molecular formula is C12H22N2O3. The van der Waals surface area contributed by atoms with E-state index in [1.165, 1.54) is 0 Å². The average molecular weight is 242 g/mol. The van der Waals surface area contributed by atoms with Crippen molar-refractivity contribution in [3.8, 4) is 0 Å². The first-order valence-electron chi connectivity index (χ1n) is 6.21. The van der Waals surface area contributed by atoms with Crippen molar-refractivity contribution in [1.29, 1.82) is 0 Å². The first kappa shape index (κ1) is 14.0. The fourth-order valence-electron chi connectivity index (χ4n) is 2.10. The fraction of sp³-hybridized carbons (Fsp3) is 0.833. The Morgan fingerprint density at radius 1 is 1.47 bits per heavy atom. The number of amides is 1. The van der Waals surface area contributed by atoms with Crippen molar-refractivity contribution in [2.45, 2.75) is 33.2 Å². The Bertz CT molecular complexity index is 293. The van der Waals surface area contributed by atoms with Crippen molar-refractivity contribution in [3.05, 3.63) is 0 Å². The van der Waals surface area contributed by atoms with Crippen molar-refractivity contribution in [1.82, 2.24) is 10.6 Å². The maximum absolute atomic E-state index is 12.0. The summed E-state index contributed by atoms with van der Waals surface area (Å²) in [5.74, 6) is -0.995.